The van der Waals surface area contributed by atoms with Crippen LogP contribution in [-0.2, 0) is 16.0 Å². The smallest absolute Gasteiger partial charge is 0.308 e. The number of benzene rings is 1. The van der Waals surface area contributed by atoms with Crippen molar-refractivity contribution < 1.29 is 9.53 Å². The number of hydrogen-bond acceptors (Lipinski definition) is 3. The number of rotatable bonds is 6. The predicted molar refractivity (Wildman–Crippen MR) is 68.5 cm³/mol. The average molecular weight is 235 g/mol. The Kier molecular flexibility index (Phi) is 5.70. The molecule has 2 N–H and O–H groups in total. The van der Waals surface area contributed by atoms with E-state index in [1.54, 1.807) is 0 Å². The topological polar surface area (TPSA) is 52.3 Å². The van der Waals surface area contributed by atoms with E-state index in [0.29, 0.717) is 6.42 Å². The van der Waals surface area contributed by atoms with Crippen LogP contribution < -0.4 is 5.73 Å². The molecule has 0 aliphatic carbocycles. The highest BCUT2D eigenvalue weighted by Gasteiger charge is 2.16. The number of aryl methyl sites for hydroxylation is 1. The highest BCUT2D eigenvalue weighted by Crippen LogP contribution is 2.11. The van der Waals surface area contributed by atoms with E-state index in [2.05, 4.69) is 16.9 Å². The van der Waals surface area contributed by atoms with E-state index in [1.165, 1.54) is 12.7 Å². The minimum atomic E-state index is -0.180. The molecule has 0 radical (unpaired) electrons. The van der Waals surface area contributed by atoms with Crippen LogP contribution >= 0.6 is 0 Å². The van der Waals surface area contributed by atoms with Gasteiger partial charge in [-0.2, -0.15) is 0 Å². The summed E-state index contributed by atoms with van der Waals surface area (Å²) in [7, 11) is 1.41. The van der Waals surface area contributed by atoms with Crippen molar-refractivity contribution in [1.82, 2.24) is 0 Å². The molecule has 0 fully saturated rings. The molecule has 0 aromatic heterocycles. The van der Waals surface area contributed by atoms with Gasteiger partial charge in [-0.1, -0.05) is 37.3 Å². The van der Waals surface area contributed by atoms with Gasteiger partial charge in [0.15, 0.2) is 0 Å². The van der Waals surface area contributed by atoms with Crippen LogP contribution in [0.1, 0.15) is 25.3 Å². The number of carbonyl (C=O) groups is 1. The van der Waals surface area contributed by atoms with Gasteiger partial charge in [0.2, 0.25) is 0 Å². The van der Waals surface area contributed by atoms with Crippen molar-refractivity contribution in [1.29, 1.82) is 0 Å². The van der Waals surface area contributed by atoms with E-state index >= 15 is 0 Å². The standard InChI is InChI=1S/C14H21NO2/c1-11(14(16)17-2)10-13(15)9-8-12-6-4-3-5-7-12/h3-7,11,13H,8-10,15H2,1-2H3/t11-,13-/m0/s1. The van der Waals surface area contributed by atoms with Crippen LogP contribution in [0.5, 0.6) is 0 Å². The van der Waals surface area contributed by atoms with Gasteiger partial charge in [0.05, 0.1) is 13.0 Å². The van der Waals surface area contributed by atoms with Gasteiger partial charge in [-0.15, -0.1) is 0 Å². The fraction of sp³-hybridized carbons (Fsp3) is 0.500. The Labute approximate surface area is 103 Å². The summed E-state index contributed by atoms with van der Waals surface area (Å²) in [6, 6.07) is 10.3. The second kappa shape index (κ2) is 7.07. The highest BCUT2D eigenvalue weighted by molar-refractivity contribution is 5.71. The summed E-state index contributed by atoms with van der Waals surface area (Å²) in [5.74, 6) is -0.300. The lowest BCUT2D eigenvalue weighted by atomic mass is 9.97. The molecule has 0 unspecified atom stereocenters. The number of hydrogen-bond donors (Lipinski definition) is 1. The zero-order valence-corrected chi connectivity index (χ0v) is 10.6. The molecular weight excluding hydrogens is 214 g/mol. The van der Waals surface area contributed by atoms with Crippen molar-refractivity contribution in [3.8, 4) is 0 Å². The summed E-state index contributed by atoms with van der Waals surface area (Å²) in [4.78, 5) is 11.2. The Balaban J connectivity index is 2.30. The third kappa shape index (κ3) is 5.00. The SMILES string of the molecule is COC(=O)[C@@H](C)C[C@@H](N)CCc1ccccc1. The number of carbonyl (C=O) groups excluding carboxylic acids is 1. The highest BCUT2D eigenvalue weighted by atomic mass is 16.5. The van der Waals surface area contributed by atoms with Gasteiger partial charge in [-0.05, 0) is 24.8 Å². The molecule has 0 amide bonds. The van der Waals surface area contributed by atoms with E-state index in [1.807, 2.05) is 25.1 Å². The molecule has 0 heterocycles. The first kappa shape index (κ1) is 13.7. The third-order valence-corrected chi connectivity index (χ3v) is 2.91. The molecule has 3 nitrogen and oxygen atoms in total. The number of methoxy groups -OCH3 is 1. The first-order chi connectivity index (χ1) is 8.13. The fourth-order valence-electron chi connectivity index (χ4n) is 1.87. The summed E-state index contributed by atoms with van der Waals surface area (Å²) in [5.41, 5.74) is 7.29. The van der Waals surface area contributed by atoms with E-state index in [9.17, 15) is 4.79 Å². The Morgan fingerprint density at radius 1 is 1.35 bits per heavy atom. The number of esters is 1. The lowest BCUT2D eigenvalue weighted by molar-refractivity contribution is -0.145. The van der Waals surface area contributed by atoms with Crippen molar-refractivity contribution in [2.75, 3.05) is 7.11 Å². The molecule has 0 aliphatic rings. The van der Waals surface area contributed by atoms with E-state index < -0.39 is 0 Å². The van der Waals surface area contributed by atoms with Gasteiger partial charge in [-0.25, -0.2) is 0 Å². The van der Waals surface area contributed by atoms with Crippen molar-refractivity contribution >= 4 is 5.97 Å². The second-order valence-corrected chi connectivity index (χ2v) is 4.44. The van der Waals surface area contributed by atoms with Crippen LogP contribution in [0.2, 0.25) is 0 Å². The molecule has 17 heavy (non-hydrogen) atoms. The predicted octanol–water partition coefficient (Wildman–Crippen LogP) is 2.15. The Morgan fingerprint density at radius 2 is 2.00 bits per heavy atom. The van der Waals surface area contributed by atoms with Gasteiger partial charge in [0.1, 0.15) is 0 Å². The van der Waals surface area contributed by atoms with Gasteiger partial charge < -0.3 is 10.5 Å². The molecule has 1 rings (SSSR count). The van der Waals surface area contributed by atoms with Crippen LogP contribution in [0.3, 0.4) is 0 Å². The molecule has 1 aromatic carbocycles. The molecule has 3 heteroatoms. The molecular formula is C14H21NO2. The minimum absolute atomic E-state index is 0.0457. The maximum atomic E-state index is 11.2. The fourth-order valence-corrected chi connectivity index (χ4v) is 1.87. The van der Waals surface area contributed by atoms with Gasteiger partial charge >= 0.3 is 5.97 Å². The molecule has 0 aliphatic heterocycles. The van der Waals surface area contributed by atoms with Crippen LogP contribution in [0, 0.1) is 5.92 Å². The molecule has 0 saturated carbocycles. The first-order valence-electron chi connectivity index (χ1n) is 6.00. The maximum absolute atomic E-state index is 11.2. The normalized spacial score (nSPS) is 14.1. The van der Waals surface area contributed by atoms with Crippen molar-refractivity contribution in [2.24, 2.45) is 11.7 Å². The minimum Gasteiger partial charge on any atom is -0.469 e. The van der Waals surface area contributed by atoms with E-state index in [4.69, 9.17) is 5.73 Å². The van der Waals surface area contributed by atoms with Crippen molar-refractivity contribution in [3.63, 3.8) is 0 Å². The van der Waals surface area contributed by atoms with E-state index in [-0.39, 0.29) is 17.9 Å². The van der Waals surface area contributed by atoms with Crippen LogP contribution in [0.15, 0.2) is 30.3 Å². The van der Waals surface area contributed by atoms with Crippen LogP contribution in [0.4, 0.5) is 0 Å². The third-order valence-electron chi connectivity index (χ3n) is 2.91. The van der Waals surface area contributed by atoms with E-state index in [0.717, 1.165) is 12.8 Å². The Morgan fingerprint density at radius 3 is 2.59 bits per heavy atom. The summed E-state index contributed by atoms with van der Waals surface area (Å²) in [5, 5.41) is 0. The van der Waals surface area contributed by atoms with Gasteiger partial charge in [0, 0.05) is 6.04 Å². The van der Waals surface area contributed by atoms with Crippen LogP contribution in [0.25, 0.3) is 0 Å². The average Bonchev–Trinajstić information content (AvgIpc) is 2.36. The number of nitrogens with two attached hydrogens (primary N) is 1. The summed E-state index contributed by atoms with van der Waals surface area (Å²) in [6.45, 7) is 1.86. The lowest BCUT2D eigenvalue weighted by Crippen LogP contribution is -2.27. The molecule has 0 saturated heterocycles. The second-order valence-electron chi connectivity index (χ2n) is 4.44. The quantitative estimate of drug-likeness (QED) is 0.769. The van der Waals surface area contributed by atoms with Gasteiger partial charge in [0.25, 0.3) is 0 Å². The summed E-state index contributed by atoms with van der Waals surface area (Å²) >= 11 is 0. The van der Waals surface area contributed by atoms with Gasteiger partial charge in [-0.3, -0.25) is 4.79 Å². The number of ether oxygens (including phenoxy) is 1. The first-order valence-corrected chi connectivity index (χ1v) is 6.00. The van der Waals surface area contributed by atoms with Crippen molar-refractivity contribution in [2.45, 2.75) is 32.2 Å². The zero-order valence-electron chi connectivity index (χ0n) is 10.6. The largest absolute Gasteiger partial charge is 0.469 e. The monoisotopic (exact) mass is 235 g/mol. The molecule has 2 atom stereocenters. The Hall–Kier alpha value is -1.35. The lowest BCUT2D eigenvalue weighted by Gasteiger charge is -2.15. The zero-order chi connectivity index (χ0) is 12.7. The Bertz CT molecular complexity index is 337. The summed E-state index contributed by atoms with van der Waals surface area (Å²) in [6.07, 6.45) is 2.53. The van der Waals surface area contributed by atoms with Crippen molar-refractivity contribution in [3.05, 3.63) is 35.9 Å². The molecule has 1 aromatic rings. The molecule has 94 valence electrons. The maximum Gasteiger partial charge on any atom is 0.308 e. The molecule has 0 bridgehead atoms. The summed E-state index contributed by atoms with van der Waals surface area (Å²) < 4.78 is 4.68. The van der Waals surface area contributed by atoms with Crippen LogP contribution in [-0.4, -0.2) is 19.1 Å². The molecule has 0 spiro atoms.